The molecule has 80 valence electrons. The molecule has 4 nitrogen and oxygen atoms in total. The van der Waals surface area contributed by atoms with Crippen molar-refractivity contribution in [2.45, 2.75) is 39.2 Å². The van der Waals surface area contributed by atoms with E-state index in [1.165, 1.54) is 0 Å². The van der Waals surface area contributed by atoms with Crippen LogP contribution in [-0.2, 0) is 4.79 Å². The van der Waals surface area contributed by atoms with E-state index >= 15 is 0 Å². The summed E-state index contributed by atoms with van der Waals surface area (Å²) in [6.45, 7) is 7.17. The maximum Gasteiger partial charge on any atom is 0.233 e. The fourth-order valence-electron chi connectivity index (χ4n) is 1.26. The Morgan fingerprint density at radius 1 is 1.57 bits per heavy atom. The fourth-order valence-corrected chi connectivity index (χ4v) is 1.26. The lowest BCUT2D eigenvalue weighted by molar-refractivity contribution is -0.513. The van der Waals surface area contributed by atoms with Crippen molar-refractivity contribution in [3.8, 4) is 0 Å². The van der Waals surface area contributed by atoms with Crippen molar-refractivity contribution >= 4 is 6.29 Å². The van der Waals surface area contributed by atoms with E-state index in [9.17, 15) is 14.9 Å². The summed E-state index contributed by atoms with van der Waals surface area (Å²) in [6, 6.07) is -0.663. The van der Waals surface area contributed by atoms with Crippen LogP contribution in [-0.4, -0.2) is 17.3 Å². The average Bonchev–Trinajstić information content (AvgIpc) is 2.03. The predicted molar refractivity (Wildman–Crippen MR) is 54.7 cm³/mol. The fraction of sp³-hybridized carbons (Fsp3) is 0.700. The molecule has 2 unspecified atom stereocenters. The van der Waals surface area contributed by atoms with E-state index in [-0.39, 0.29) is 10.8 Å². The Kier molecular flexibility index (Phi) is 5.76. The standard InChI is InChI=1S/C10H17NO3/c1-8(2)10(11(13)14)5-4-9(3)6-7-12/h7,9-10H,1,4-6H2,2-3H3. The molecule has 0 saturated heterocycles. The summed E-state index contributed by atoms with van der Waals surface area (Å²) in [4.78, 5) is 20.5. The van der Waals surface area contributed by atoms with E-state index in [1.54, 1.807) is 6.92 Å². The van der Waals surface area contributed by atoms with Gasteiger partial charge in [-0.15, -0.1) is 0 Å². The molecule has 0 aromatic carbocycles. The summed E-state index contributed by atoms with van der Waals surface area (Å²) < 4.78 is 0. The molecule has 0 aromatic rings. The molecule has 4 heteroatoms. The SMILES string of the molecule is C=C(C)C(CCC(C)CC=O)[N+](=O)[O-]. The number of nitrogens with zero attached hydrogens (tertiary/aromatic N) is 1. The largest absolute Gasteiger partial charge is 0.303 e. The Hall–Kier alpha value is -1.19. The summed E-state index contributed by atoms with van der Waals surface area (Å²) in [5, 5.41) is 10.6. The molecule has 0 aliphatic carbocycles. The summed E-state index contributed by atoms with van der Waals surface area (Å²) >= 11 is 0. The minimum Gasteiger partial charge on any atom is -0.303 e. The van der Waals surface area contributed by atoms with Crippen LogP contribution in [0.3, 0.4) is 0 Å². The quantitative estimate of drug-likeness (QED) is 0.273. The van der Waals surface area contributed by atoms with Crippen molar-refractivity contribution in [3.05, 3.63) is 22.3 Å². The first-order valence-electron chi connectivity index (χ1n) is 4.71. The molecule has 0 heterocycles. The van der Waals surface area contributed by atoms with Gasteiger partial charge in [-0.2, -0.15) is 0 Å². The van der Waals surface area contributed by atoms with Gasteiger partial charge in [0.1, 0.15) is 6.29 Å². The first-order valence-corrected chi connectivity index (χ1v) is 4.71. The van der Waals surface area contributed by atoms with E-state index in [4.69, 9.17) is 0 Å². The van der Waals surface area contributed by atoms with Gasteiger partial charge in [0.05, 0.1) is 0 Å². The summed E-state index contributed by atoms with van der Waals surface area (Å²) in [7, 11) is 0. The number of nitro groups is 1. The number of rotatable bonds is 7. The minimum absolute atomic E-state index is 0.217. The number of aldehydes is 1. The van der Waals surface area contributed by atoms with Gasteiger partial charge in [0.2, 0.25) is 6.04 Å². The molecular weight excluding hydrogens is 182 g/mol. The van der Waals surface area contributed by atoms with Crippen LogP contribution in [0.1, 0.15) is 33.1 Å². The van der Waals surface area contributed by atoms with Gasteiger partial charge in [-0.25, -0.2) is 0 Å². The van der Waals surface area contributed by atoms with Gasteiger partial charge in [0, 0.05) is 17.8 Å². The summed E-state index contributed by atoms with van der Waals surface area (Å²) in [5.41, 5.74) is 0.577. The third-order valence-electron chi connectivity index (χ3n) is 2.25. The van der Waals surface area contributed by atoms with Gasteiger partial charge < -0.3 is 4.79 Å². The molecule has 0 radical (unpaired) electrons. The van der Waals surface area contributed by atoms with E-state index in [0.717, 1.165) is 6.29 Å². The number of carbonyl (C=O) groups excluding carboxylic acids is 1. The van der Waals surface area contributed by atoms with Gasteiger partial charge in [0.15, 0.2) is 0 Å². The second-order valence-corrected chi connectivity index (χ2v) is 3.73. The molecule has 2 atom stereocenters. The van der Waals surface area contributed by atoms with Crippen LogP contribution in [0.2, 0.25) is 0 Å². The third kappa shape index (κ3) is 4.74. The van der Waals surface area contributed by atoms with Gasteiger partial charge in [-0.05, 0) is 24.8 Å². The molecule has 0 spiro atoms. The predicted octanol–water partition coefficient (Wildman–Crippen LogP) is 2.21. The number of hydrogen-bond donors (Lipinski definition) is 0. The van der Waals surface area contributed by atoms with E-state index in [0.29, 0.717) is 24.8 Å². The van der Waals surface area contributed by atoms with Crippen molar-refractivity contribution in [2.75, 3.05) is 0 Å². The first kappa shape index (κ1) is 12.8. The molecule has 0 aliphatic heterocycles. The maximum absolute atomic E-state index is 10.6. The molecule has 0 rings (SSSR count). The average molecular weight is 199 g/mol. The second-order valence-electron chi connectivity index (χ2n) is 3.73. The van der Waals surface area contributed by atoms with Crippen LogP contribution in [0, 0.1) is 16.0 Å². The third-order valence-corrected chi connectivity index (χ3v) is 2.25. The molecule has 0 aliphatic rings. The van der Waals surface area contributed by atoms with Crippen LogP contribution in [0.15, 0.2) is 12.2 Å². The van der Waals surface area contributed by atoms with Crippen molar-refractivity contribution < 1.29 is 9.72 Å². The molecule has 0 bridgehead atoms. The van der Waals surface area contributed by atoms with Crippen molar-refractivity contribution in [2.24, 2.45) is 5.92 Å². The number of carbonyl (C=O) groups is 1. The van der Waals surface area contributed by atoms with Gasteiger partial charge in [0.25, 0.3) is 0 Å². The molecule has 0 fully saturated rings. The Morgan fingerprint density at radius 3 is 2.50 bits per heavy atom. The van der Waals surface area contributed by atoms with Crippen molar-refractivity contribution in [1.29, 1.82) is 0 Å². The zero-order valence-corrected chi connectivity index (χ0v) is 8.73. The number of hydrogen-bond acceptors (Lipinski definition) is 3. The van der Waals surface area contributed by atoms with E-state index in [2.05, 4.69) is 6.58 Å². The van der Waals surface area contributed by atoms with Crippen molar-refractivity contribution in [1.82, 2.24) is 0 Å². The topological polar surface area (TPSA) is 60.2 Å². The van der Waals surface area contributed by atoms with E-state index < -0.39 is 6.04 Å². The Morgan fingerprint density at radius 2 is 2.14 bits per heavy atom. The van der Waals surface area contributed by atoms with Gasteiger partial charge in [-0.3, -0.25) is 10.1 Å². The highest BCUT2D eigenvalue weighted by Crippen LogP contribution is 2.16. The Bertz CT molecular complexity index is 211. The van der Waals surface area contributed by atoms with Gasteiger partial charge in [-0.1, -0.05) is 13.5 Å². The Labute approximate surface area is 84.1 Å². The van der Waals surface area contributed by atoms with Gasteiger partial charge >= 0.3 is 0 Å². The Balaban J connectivity index is 4.00. The maximum atomic E-state index is 10.6. The highest BCUT2D eigenvalue weighted by molar-refractivity contribution is 5.49. The molecule has 14 heavy (non-hydrogen) atoms. The van der Waals surface area contributed by atoms with Crippen LogP contribution in [0.4, 0.5) is 0 Å². The first-order chi connectivity index (χ1) is 6.49. The highest BCUT2D eigenvalue weighted by atomic mass is 16.6. The van der Waals surface area contributed by atoms with Crippen LogP contribution >= 0.6 is 0 Å². The van der Waals surface area contributed by atoms with Crippen LogP contribution in [0.5, 0.6) is 0 Å². The lowest BCUT2D eigenvalue weighted by Crippen LogP contribution is -2.21. The lowest BCUT2D eigenvalue weighted by Gasteiger charge is -2.11. The van der Waals surface area contributed by atoms with Crippen molar-refractivity contribution in [3.63, 3.8) is 0 Å². The summed E-state index contributed by atoms with van der Waals surface area (Å²) in [5.74, 6) is 0.217. The molecular formula is C10H17NO3. The lowest BCUT2D eigenvalue weighted by atomic mass is 9.97. The molecule has 0 saturated carbocycles. The van der Waals surface area contributed by atoms with Crippen LogP contribution < -0.4 is 0 Å². The highest BCUT2D eigenvalue weighted by Gasteiger charge is 2.21. The minimum atomic E-state index is -0.663. The smallest absolute Gasteiger partial charge is 0.233 e. The summed E-state index contributed by atoms with van der Waals surface area (Å²) in [6.07, 6.45) is 2.49. The second kappa shape index (κ2) is 6.29. The zero-order valence-electron chi connectivity index (χ0n) is 8.73. The monoisotopic (exact) mass is 199 g/mol. The molecule has 0 aromatic heterocycles. The molecule has 0 N–H and O–H groups in total. The zero-order chi connectivity index (χ0) is 11.1. The normalized spacial score (nSPS) is 14.4. The van der Waals surface area contributed by atoms with Crippen LogP contribution in [0.25, 0.3) is 0 Å². The van der Waals surface area contributed by atoms with E-state index in [1.807, 2.05) is 6.92 Å². The molecule has 0 amide bonds.